The number of fused-ring (bicyclic) bond motifs is 6. The summed E-state index contributed by atoms with van der Waals surface area (Å²) in [5.41, 5.74) is 6.02. The van der Waals surface area contributed by atoms with E-state index >= 15 is 0 Å². The van der Waals surface area contributed by atoms with Crippen molar-refractivity contribution >= 4 is 0 Å². The van der Waals surface area contributed by atoms with Gasteiger partial charge in [0.05, 0.1) is 6.10 Å². The first kappa shape index (κ1) is 22.5. The first-order valence-electron chi connectivity index (χ1n) is 13.6. The van der Waals surface area contributed by atoms with Gasteiger partial charge in [-0.05, 0) is 115 Å². The van der Waals surface area contributed by atoms with Gasteiger partial charge < -0.3 is 5.11 Å². The van der Waals surface area contributed by atoms with E-state index in [9.17, 15) is 5.11 Å². The molecule has 0 aromatic heterocycles. The number of hydrogen-bond acceptors (Lipinski definition) is 1. The number of rotatable bonds is 0. The van der Waals surface area contributed by atoms with E-state index in [-0.39, 0.29) is 11.5 Å². The normalized spacial score (nSPS) is 53.1. The van der Waals surface area contributed by atoms with E-state index in [1.54, 1.807) is 0 Å². The van der Waals surface area contributed by atoms with Gasteiger partial charge in [-0.15, -0.1) is 0 Å². The predicted octanol–water partition coefficient (Wildman–Crippen LogP) is 8.31. The third-order valence-corrected chi connectivity index (χ3v) is 13.0. The maximum absolute atomic E-state index is 10.9. The van der Waals surface area contributed by atoms with Crippen LogP contribution in [0.1, 0.15) is 126 Å². The Balaban J connectivity index is 1.59. The third-order valence-electron chi connectivity index (χ3n) is 13.0. The van der Waals surface area contributed by atoms with Gasteiger partial charge in [0, 0.05) is 0 Å². The molecule has 1 heteroatoms. The van der Waals surface area contributed by atoms with E-state index in [4.69, 9.17) is 0 Å². The predicted molar refractivity (Wildman–Crippen MR) is 131 cm³/mol. The summed E-state index contributed by atoms with van der Waals surface area (Å²) in [6.07, 6.45) is 14.5. The molecule has 0 bridgehead atoms. The Labute approximate surface area is 192 Å². The van der Waals surface area contributed by atoms with Crippen LogP contribution in [0.5, 0.6) is 0 Å². The molecule has 5 rings (SSSR count). The maximum Gasteiger partial charge on any atom is 0.0594 e. The molecule has 1 N–H and O–H groups in total. The fourth-order valence-electron chi connectivity index (χ4n) is 10.4. The highest BCUT2D eigenvalue weighted by atomic mass is 16.3. The molecule has 0 saturated heterocycles. The van der Waals surface area contributed by atoms with Crippen molar-refractivity contribution in [3.05, 3.63) is 11.1 Å². The van der Waals surface area contributed by atoms with Crippen molar-refractivity contribution in [2.45, 2.75) is 132 Å². The summed E-state index contributed by atoms with van der Waals surface area (Å²) < 4.78 is 0. The van der Waals surface area contributed by atoms with E-state index in [0.29, 0.717) is 33.0 Å². The molecule has 0 radical (unpaired) electrons. The summed E-state index contributed by atoms with van der Waals surface area (Å²) >= 11 is 0. The lowest BCUT2D eigenvalue weighted by Gasteiger charge is -2.69. The number of hydrogen-bond donors (Lipinski definition) is 1. The van der Waals surface area contributed by atoms with Gasteiger partial charge in [-0.3, -0.25) is 0 Å². The van der Waals surface area contributed by atoms with Crippen LogP contribution >= 0.6 is 0 Å². The SMILES string of the molecule is CC1(C)CCC2(C)CCC3(C)C4=C(CCC3(C)C2C1)C1(C)CCC(O)C(C)(C)C1CC4. The highest BCUT2D eigenvalue weighted by molar-refractivity contribution is 5.38. The van der Waals surface area contributed by atoms with E-state index in [1.165, 1.54) is 64.2 Å². The van der Waals surface area contributed by atoms with Crippen molar-refractivity contribution in [1.82, 2.24) is 0 Å². The molecule has 7 unspecified atom stereocenters. The van der Waals surface area contributed by atoms with E-state index in [1.807, 2.05) is 11.1 Å². The van der Waals surface area contributed by atoms with Gasteiger partial charge in [0.2, 0.25) is 0 Å². The molecule has 0 aliphatic heterocycles. The van der Waals surface area contributed by atoms with Crippen molar-refractivity contribution in [2.75, 3.05) is 0 Å². The topological polar surface area (TPSA) is 20.2 Å². The van der Waals surface area contributed by atoms with Crippen LogP contribution in [-0.4, -0.2) is 11.2 Å². The largest absolute Gasteiger partial charge is 0.393 e. The smallest absolute Gasteiger partial charge is 0.0594 e. The Morgan fingerprint density at radius 3 is 2.06 bits per heavy atom. The molecule has 1 nitrogen and oxygen atoms in total. The summed E-state index contributed by atoms with van der Waals surface area (Å²) in [5.74, 6) is 1.50. The highest BCUT2D eigenvalue weighted by Gasteiger charge is 2.65. The standard InChI is InChI=1S/C30H50O/c1-25(2)15-16-27(5)17-18-29(7)21-9-10-22-26(3,4)24(31)12-13-28(22,6)20(21)11-14-30(29,8)23(27)19-25/h22-24,31H,9-19H2,1-8H3. The van der Waals surface area contributed by atoms with Crippen LogP contribution in [0, 0.1) is 44.3 Å². The van der Waals surface area contributed by atoms with Crippen molar-refractivity contribution in [2.24, 2.45) is 44.3 Å². The molecule has 0 amide bonds. The summed E-state index contributed by atoms with van der Waals surface area (Å²) in [5, 5.41) is 10.9. The summed E-state index contributed by atoms with van der Waals surface area (Å²) in [7, 11) is 0. The summed E-state index contributed by atoms with van der Waals surface area (Å²) in [6.45, 7) is 20.5. The Morgan fingerprint density at radius 1 is 0.677 bits per heavy atom. The van der Waals surface area contributed by atoms with Crippen LogP contribution in [-0.2, 0) is 0 Å². The first-order chi connectivity index (χ1) is 14.2. The molecule has 31 heavy (non-hydrogen) atoms. The molecule has 5 aliphatic rings. The van der Waals surface area contributed by atoms with Crippen molar-refractivity contribution in [3.8, 4) is 0 Å². The molecule has 0 aromatic rings. The zero-order valence-electron chi connectivity index (χ0n) is 22.0. The van der Waals surface area contributed by atoms with Gasteiger partial charge >= 0.3 is 0 Å². The second-order valence-electron chi connectivity index (χ2n) is 15.2. The average molecular weight is 427 g/mol. The molecule has 0 spiro atoms. The van der Waals surface area contributed by atoms with Crippen LogP contribution in [0.25, 0.3) is 0 Å². The zero-order chi connectivity index (χ0) is 22.7. The quantitative estimate of drug-likeness (QED) is 0.386. The molecular weight excluding hydrogens is 376 g/mol. The fraction of sp³-hybridized carbons (Fsp3) is 0.933. The first-order valence-corrected chi connectivity index (χ1v) is 13.6. The summed E-state index contributed by atoms with van der Waals surface area (Å²) in [4.78, 5) is 0. The zero-order valence-corrected chi connectivity index (χ0v) is 22.0. The minimum Gasteiger partial charge on any atom is -0.393 e. The Kier molecular flexibility index (Phi) is 4.66. The van der Waals surface area contributed by atoms with Gasteiger partial charge in [0.15, 0.2) is 0 Å². The second kappa shape index (κ2) is 6.43. The number of allylic oxidation sites excluding steroid dienone is 2. The van der Waals surface area contributed by atoms with Crippen LogP contribution in [0.3, 0.4) is 0 Å². The van der Waals surface area contributed by atoms with Gasteiger partial charge in [0.25, 0.3) is 0 Å². The second-order valence-corrected chi connectivity index (χ2v) is 15.2. The highest BCUT2D eigenvalue weighted by Crippen LogP contribution is 2.75. The lowest BCUT2D eigenvalue weighted by Crippen LogP contribution is -2.61. The van der Waals surface area contributed by atoms with Crippen molar-refractivity contribution in [1.29, 1.82) is 0 Å². The van der Waals surface area contributed by atoms with Gasteiger partial charge in [0.1, 0.15) is 0 Å². The van der Waals surface area contributed by atoms with E-state index < -0.39 is 0 Å². The van der Waals surface area contributed by atoms with Gasteiger partial charge in [-0.25, -0.2) is 0 Å². The molecular formula is C30H50O. The van der Waals surface area contributed by atoms with Crippen LogP contribution in [0.2, 0.25) is 0 Å². The Bertz CT molecular complexity index is 803. The van der Waals surface area contributed by atoms with Crippen LogP contribution in [0.4, 0.5) is 0 Å². The van der Waals surface area contributed by atoms with Crippen LogP contribution in [0.15, 0.2) is 11.1 Å². The lowest BCUT2D eigenvalue weighted by atomic mass is 9.35. The minimum absolute atomic E-state index is 0.0473. The third kappa shape index (κ3) is 2.77. The average Bonchev–Trinajstić information content (AvgIpc) is 2.68. The number of aliphatic hydroxyl groups is 1. The molecule has 7 atom stereocenters. The molecule has 5 aliphatic carbocycles. The van der Waals surface area contributed by atoms with Gasteiger partial charge in [-0.2, -0.15) is 0 Å². The van der Waals surface area contributed by atoms with Crippen LogP contribution < -0.4 is 0 Å². The fourth-order valence-corrected chi connectivity index (χ4v) is 10.4. The van der Waals surface area contributed by atoms with Gasteiger partial charge in [-0.1, -0.05) is 66.5 Å². The maximum atomic E-state index is 10.9. The molecule has 0 aromatic carbocycles. The summed E-state index contributed by atoms with van der Waals surface area (Å²) in [6, 6.07) is 0. The molecule has 176 valence electrons. The van der Waals surface area contributed by atoms with Crippen molar-refractivity contribution in [3.63, 3.8) is 0 Å². The monoisotopic (exact) mass is 426 g/mol. The molecule has 3 saturated carbocycles. The van der Waals surface area contributed by atoms with E-state index in [0.717, 1.165) is 12.3 Å². The minimum atomic E-state index is -0.128. The van der Waals surface area contributed by atoms with Crippen molar-refractivity contribution < 1.29 is 5.11 Å². The number of aliphatic hydroxyl groups excluding tert-OH is 1. The Hall–Kier alpha value is -0.300. The molecule has 3 fully saturated rings. The molecule has 0 heterocycles. The Morgan fingerprint density at radius 2 is 1.35 bits per heavy atom. The lowest BCUT2D eigenvalue weighted by molar-refractivity contribution is -0.154. The van der Waals surface area contributed by atoms with E-state index in [2.05, 4.69) is 55.4 Å².